The van der Waals surface area contributed by atoms with E-state index in [1.54, 1.807) is 24.3 Å². The summed E-state index contributed by atoms with van der Waals surface area (Å²) in [5.41, 5.74) is 0.748. The Kier molecular flexibility index (Phi) is 6.21. The molecule has 0 aliphatic carbocycles. The Labute approximate surface area is 123 Å². The first-order valence-electron chi connectivity index (χ1n) is 6.70. The van der Waals surface area contributed by atoms with Crippen LogP contribution in [0.25, 0.3) is 0 Å². The number of hydrogen-bond acceptors (Lipinski definition) is 3. The molecular formula is C15H19N3O3. The number of aliphatic carboxylic acids is 1. The normalized spacial score (nSPS) is 11.5. The Morgan fingerprint density at radius 3 is 2.57 bits per heavy atom. The number of carbonyl (C=O) groups is 2. The van der Waals surface area contributed by atoms with Gasteiger partial charge in [0.2, 0.25) is 0 Å². The van der Waals surface area contributed by atoms with Crippen LogP contribution in [0.4, 0.5) is 10.5 Å². The van der Waals surface area contributed by atoms with E-state index in [1.807, 2.05) is 19.9 Å². The van der Waals surface area contributed by atoms with Crippen molar-refractivity contribution < 1.29 is 14.7 Å². The van der Waals surface area contributed by atoms with Crippen LogP contribution >= 0.6 is 0 Å². The first-order chi connectivity index (χ1) is 9.93. The van der Waals surface area contributed by atoms with Crippen LogP contribution in [0.5, 0.6) is 0 Å². The fourth-order valence-corrected chi connectivity index (χ4v) is 1.91. The van der Waals surface area contributed by atoms with E-state index in [2.05, 4.69) is 10.6 Å². The zero-order valence-corrected chi connectivity index (χ0v) is 12.1. The molecule has 21 heavy (non-hydrogen) atoms. The number of para-hydroxylation sites is 1. The van der Waals surface area contributed by atoms with Crippen molar-refractivity contribution in [3.05, 3.63) is 29.8 Å². The molecule has 0 bridgehead atoms. The van der Waals surface area contributed by atoms with Crippen molar-refractivity contribution in [2.45, 2.75) is 20.3 Å². The quantitative estimate of drug-likeness (QED) is 0.748. The minimum Gasteiger partial charge on any atom is -0.481 e. The molecule has 1 aromatic carbocycles. The van der Waals surface area contributed by atoms with Crippen LogP contribution in [0.2, 0.25) is 0 Å². The minimum absolute atomic E-state index is 0.0497. The Morgan fingerprint density at radius 2 is 2.00 bits per heavy atom. The number of carboxylic acids is 1. The number of hydrogen-bond donors (Lipinski definition) is 3. The van der Waals surface area contributed by atoms with E-state index < -0.39 is 17.9 Å². The lowest BCUT2D eigenvalue weighted by molar-refractivity contribution is -0.142. The van der Waals surface area contributed by atoms with Crippen LogP contribution in [0.1, 0.15) is 25.8 Å². The second-order valence-electron chi connectivity index (χ2n) is 5.16. The van der Waals surface area contributed by atoms with Crippen molar-refractivity contribution in [1.82, 2.24) is 5.32 Å². The maximum absolute atomic E-state index is 11.8. The lowest BCUT2D eigenvalue weighted by Gasteiger charge is -2.16. The van der Waals surface area contributed by atoms with Gasteiger partial charge in [-0.05, 0) is 24.5 Å². The van der Waals surface area contributed by atoms with Crippen LogP contribution in [-0.2, 0) is 4.79 Å². The Hall–Kier alpha value is -2.55. The number of amides is 2. The molecule has 0 heterocycles. The number of rotatable bonds is 6. The molecule has 0 aliphatic heterocycles. The molecule has 0 aliphatic rings. The number of nitrogens with one attached hydrogen (secondary N) is 2. The molecule has 1 rings (SSSR count). The van der Waals surface area contributed by atoms with Gasteiger partial charge in [0.25, 0.3) is 0 Å². The van der Waals surface area contributed by atoms with E-state index in [4.69, 9.17) is 10.4 Å². The summed E-state index contributed by atoms with van der Waals surface area (Å²) >= 11 is 0. The molecule has 3 N–H and O–H groups in total. The highest BCUT2D eigenvalue weighted by atomic mass is 16.4. The summed E-state index contributed by atoms with van der Waals surface area (Å²) in [5, 5.41) is 23.1. The number of benzene rings is 1. The number of carboxylic acid groups (broad SMARTS) is 1. The number of anilines is 1. The molecule has 0 fully saturated rings. The zero-order chi connectivity index (χ0) is 15.8. The molecule has 0 aromatic heterocycles. The third-order valence-corrected chi connectivity index (χ3v) is 2.91. The molecule has 0 spiro atoms. The maximum atomic E-state index is 11.8. The van der Waals surface area contributed by atoms with E-state index in [9.17, 15) is 9.59 Å². The van der Waals surface area contributed by atoms with Crippen LogP contribution < -0.4 is 10.6 Å². The van der Waals surface area contributed by atoms with Gasteiger partial charge in [-0.15, -0.1) is 0 Å². The molecule has 6 heteroatoms. The first-order valence-corrected chi connectivity index (χ1v) is 6.70. The third-order valence-electron chi connectivity index (χ3n) is 2.91. The average molecular weight is 289 g/mol. The summed E-state index contributed by atoms with van der Waals surface area (Å²) in [6.07, 6.45) is 0.490. The van der Waals surface area contributed by atoms with Crippen LogP contribution in [0.15, 0.2) is 24.3 Å². The highest BCUT2D eigenvalue weighted by Crippen LogP contribution is 2.14. The molecular weight excluding hydrogens is 270 g/mol. The summed E-state index contributed by atoms with van der Waals surface area (Å²) in [7, 11) is 0. The number of nitrogens with zero attached hydrogens (tertiary/aromatic N) is 1. The van der Waals surface area contributed by atoms with Gasteiger partial charge in [0.1, 0.15) is 6.07 Å². The Balaban J connectivity index is 2.57. The SMILES string of the molecule is CC(C)CC(CNC(=O)Nc1ccccc1C#N)C(=O)O. The smallest absolute Gasteiger partial charge is 0.319 e. The fraction of sp³-hybridized carbons (Fsp3) is 0.400. The second-order valence-corrected chi connectivity index (χ2v) is 5.16. The molecule has 112 valence electrons. The number of carbonyl (C=O) groups excluding carboxylic acids is 1. The van der Waals surface area contributed by atoms with Gasteiger partial charge in [0, 0.05) is 6.54 Å². The van der Waals surface area contributed by atoms with Gasteiger partial charge >= 0.3 is 12.0 Å². The van der Waals surface area contributed by atoms with E-state index >= 15 is 0 Å². The molecule has 0 saturated heterocycles. The van der Waals surface area contributed by atoms with Crippen molar-refractivity contribution in [1.29, 1.82) is 5.26 Å². The average Bonchev–Trinajstić information content (AvgIpc) is 2.43. The van der Waals surface area contributed by atoms with Crippen LogP contribution in [0, 0.1) is 23.2 Å². The van der Waals surface area contributed by atoms with Crippen molar-refractivity contribution in [2.75, 3.05) is 11.9 Å². The molecule has 0 saturated carbocycles. The van der Waals surface area contributed by atoms with Crippen LogP contribution in [0.3, 0.4) is 0 Å². The molecule has 6 nitrogen and oxygen atoms in total. The minimum atomic E-state index is -0.929. The summed E-state index contributed by atoms with van der Waals surface area (Å²) in [4.78, 5) is 22.9. The largest absolute Gasteiger partial charge is 0.481 e. The van der Waals surface area contributed by atoms with Crippen molar-refractivity contribution >= 4 is 17.7 Å². The Morgan fingerprint density at radius 1 is 1.33 bits per heavy atom. The van der Waals surface area contributed by atoms with E-state index in [-0.39, 0.29) is 12.5 Å². The van der Waals surface area contributed by atoms with Crippen molar-refractivity contribution in [2.24, 2.45) is 11.8 Å². The summed E-state index contributed by atoms with van der Waals surface area (Å²) in [5.74, 6) is -1.32. The fourth-order valence-electron chi connectivity index (χ4n) is 1.91. The predicted molar refractivity (Wildman–Crippen MR) is 78.8 cm³/mol. The number of urea groups is 1. The van der Waals surface area contributed by atoms with Gasteiger partial charge < -0.3 is 15.7 Å². The van der Waals surface area contributed by atoms with Gasteiger partial charge in [0.05, 0.1) is 17.2 Å². The lowest BCUT2D eigenvalue weighted by Crippen LogP contribution is -2.36. The Bertz CT molecular complexity index is 549. The second kappa shape index (κ2) is 7.90. The molecule has 0 radical (unpaired) electrons. The lowest BCUT2D eigenvalue weighted by atomic mass is 9.97. The maximum Gasteiger partial charge on any atom is 0.319 e. The summed E-state index contributed by atoms with van der Waals surface area (Å²) in [6.45, 7) is 3.91. The summed E-state index contributed by atoms with van der Waals surface area (Å²) in [6, 6.07) is 8.06. The van der Waals surface area contributed by atoms with Gasteiger partial charge in [0.15, 0.2) is 0 Å². The zero-order valence-electron chi connectivity index (χ0n) is 12.1. The van der Waals surface area contributed by atoms with Gasteiger partial charge in [-0.25, -0.2) is 4.79 Å². The van der Waals surface area contributed by atoms with Gasteiger partial charge in [-0.3, -0.25) is 4.79 Å². The number of nitriles is 1. The molecule has 1 aromatic rings. The van der Waals surface area contributed by atoms with E-state index in [1.165, 1.54) is 0 Å². The molecule has 2 amide bonds. The standard InChI is InChI=1S/C15H19N3O3/c1-10(2)7-12(14(19)20)9-17-15(21)18-13-6-4-3-5-11(13)8-16/h3-6,10,12H,7,9H2,1-2H3,(H,19,20)(H2,17,18,21). The van der Waals surface area contributed by atoms with E-state index in [0.717, 1.165) is 0 Å². The topological polar surface area (TPSA) is 102 Å². The highest BCUT2D eigenvalue weighted by molar-refractivity contribution is 5.91. The molecule has 1 atom stereocenters. The summed E-state index contributed by atoms with van der Waals surface area (Å²) < 4.78 is 0. The predicted octanol–water partition coefficient (Wildman–Crippen LogP) is 2.43. The van der Waals surface area contributed by atoms with Crippen molar-refractivity contribution in [3.8, 4) is 6.07 Å². The van der Waals surface area contributed by atoms with Gasteiger partial charge in [-0.1, -0.05) is 26.0 Å². The third kappa shape index (κ3) is 5.53. The first kappa shape index (κ1) is 16.5. The molecule has 1 unspecified atom stereocenters. The van der Waals surface area contributed by atoms with E-state index in [0.29, 0.717) is 17.7 Å². The monoisotopic (exact) mass is 289 g/mol. The van der Waals surface area contributed by atoms with Crippen molar-refractivity contribution in [3.63, 3.8) is 0 Å². The van der Waals surface area contributed by atoms with Gasteiger partial charge in [-0.2, -0.15) is 5.26 Å². The van der Waals surface area contributed by atoms with Crippen LogP contribution in [-0.4, -0.2) is 23.7 Å². The highest BCUT2D eigenvalue weighted by Gasteiger charge is 2.19.